The van der Waals surface area contributed by atoms with Gasteiger partial charge >= 0.3 is 0 Å². The number of hydrogen-bond acceptors (Lipinski definition) is 4. The average Bonchev–Trinajstić information content (AvgIpc) is 2.37. The van der Waals surface area contributed by atoms with Crippen molar-refractivity contribution in [2.45, 2.75) is 20.0 Å². The summed E-state index contributed by atoms with van der Waals surface area (Å²) >= 11 is 0. The van der Waals surface area contributed by atoms with Crippen LogP contribution in [0.3, 0.4) is 0 Å². The molecule has 0 amide bonds. The summed E-state index contributed by atoms with van der Waals surface area (Å²) in [7, 11) is 0. The fraction of sp³-hybridized carbons (Fsp3) is 0.429. The van der Waals surface area contributed by atoms with Crippen LogP contribution in [-0.4, -0.2) is 34.6 Å². The molecule has 1 unspecified atom stereocenters. The van der Waals surface area contributed by atoms with E-state index in [9.17, 15) is 15.2 Å². The Hall–Kier alpha value is -1.72. The number of hydrogen-bond donors (Lipinski definition) is 1. The molecule has 19 heavy (non-hydrogen) atoms. The zero-order valence-corrected chi connectivity index (χ0v) is 11.4. The van der Waals surface area contributed by atoms with Crippen LogP contribution in [0.4, 0.5) is 5.69 Å². The van der Waals surface area contributed by atoms with Crippen LogP contribution in [-0.2, 0) is 0 Å². The van der Waals surface area contributed by atoms with E-state index in [1.54, 1.807) is 12.1 Å². The molecule has 5 heteroatoms. The second-order valence-electron chi connectivity index (χ2n) is 4.65. The SMILES string of the molecule is C=C(C)CN(CC)CC(O)c1cccc([N+](=O)[O-])c1. The van der Waals surface area contributed by atoms with E-state index in [0.29, 0.717) is 18.7 Å². The highest BCUT2D eigenvalue weighted by Gasteiger charge is 2.15. The number of nitro benzene ring substituents is 1. The monoisotopic (exact) mass is 264 g/mol. The molecule has 0 aliphatic heterocycles. The minimum atomic E-state index is -0.737. The lowest BCUT2D eigenvalue weighted by molar-refractivity contribution is -0.385. The second kappa shape index (κ2) is 7.01. The zero-order valence-electron chi connectivity index (χ0n) is 11.4. The number of nitro groups is 1. The van der Waals surface area contributed by atoms with E-state index >= 15 is 0 Å². The Morgan fingerprint density at radius 1 is 1.58 bits per heavy atom. The van der Waals surface area contributed by atoms with Crippen molar-refractivity contribution in [2.75, 3.05) is 19.6 Å². The molecule has 0 spiro atoms. The van der Waals surface area contributed by atoms with E-state index in [-0.39, 0.29) is 5.69 Å². The lowest BCUT2D eigenvalue weighted by Gasteiger charge is -2.23. The van der Waals surface area contributed by atoms with Crippen molar-refractivity contribution < 1.29 is 10.0 Å². The highest BCUT2D eigenvalue weighted by molar-refractivity contribution is 5.35. The molecule has 0 aliphatic carbocycles. The van der Waals surface area contributed by atoms with E-state index in [2.05, 4.69) is 6.58 Å². The maximum Gasteiger partial charge on any atom is 0.269 e. The lowest BCUT2D eigenvalue weighted by Crippen LogP contribution is -2.30. The summed E-state index contributed by atoms with van der Waals surface area (Å²) in [6.45, 7) is 9.72. The van der Waals surface area contributed by atoms with Crippen LogP contribution in [0.15, 0.2) is 36.4 Å². The van der Waals surface area contributed by atoms with Gasteiger partial charge in [0, 0.05) is 25.2 Å². The van der Waals surface area contributed by atoms with E-state index in [1.165, 1.54) is 12.1 Å². The Morgan fingerprint density at radius 3 is 2.79 bits per heavy atom. The standard InChI is InChI=1S/C14H20N2O3/c1-4-15(9-11(2)3)10-14(17)12-6-5-7-13(8-12)16(18)19/h5-8,14,17H,2,4,9-10H2,1,3H3. The molecule has 0 fully saturated rings. The topological polar surface area (TPSA) is 66.6 Å². The summed E-state index contributed by atoms with van der Waals surface area (Å²) < 4.78 is 0. The van der Waals surface area contributed by atoms with E-state index in [4.69, 9.17) is 0 Å². The molecule has 0 saturated heterocycles. The molecule has 1 atom stereocenters. The Balaban J connectivity index is 2.76. The quantitative estimate of drug-likeness (QED) is 0.467. The fourth-order valence-corrected chi connectivity index (χ4v) is 1.88. The molecule has 1 aromatic carbocycles. The molecule has 1 aromatic rings. The summed E-state index contributed by atoms with van der Waals surface area (Å²) in [6.07, 6.45) is -0.737. The molecular formula is C14H20N2O3. The van der Waals surface area contributed by atoms with Crippen LogP contribution >= 0.6 is 0 Å². The van der Waals surface area contributed by atoms with Crippen LogP contribution in [0.2, 0.25) is 0 Å². The number of rotatable bonds is 7. The average molecular weight is 264 g/mol. The van der Waals surface area contributed by atoms with Crippen LogP contribution in [0, 0.1) is 10.1 Å². The molecule has 104 valence electrons. The van der Waals surface area contributed by atoms with Crippen LogP contribution in [0.1, 0.15) is 25.5 Å². The first-order valence-electron chi connectivity index (χ1n) is 6.23. The largest absolute Gasteiger partial charge is 0.387 e. The van der Waals surface area contributed by atoms with Crippen LogP contribution in [0.25, 0.3) is 0 Å². The minimum Gasteiger partial charge on any atom is -0.387 e. The number of aliphatic hydroxyl groups excluding tert-OH is 1. The lowest BCUT2D eigenvalue weighted by atomic mass is 10.1. The van der Waals surface area contributed by atoms with Gasteiger partial charge in [0.1, 0.15) is 0 Å². The highest BCUT2D eigenvalue weighted by atomic mass is 16.6. The first-order chi connectivity index (χ1) is 8.93. The van der Waals surface area contributed by atoms with Crippen molar-refractivity contribution in [3.8, 4) is 0 Å². The number of aliphatic hydroxyl groups is 1. The third-order valence-corrected chi connectivity index (χ3v) is 2.84. The van der Waals surface area contributed by atoms with Gasteiger partial charge in [0.25, 0.3) is 5.69 Å². The van der Waals surface area contributed by atoms with Gasteiger partial charge in [-0.15, -0.1) is 0 Å². The number of nitrogens with zero attached hydrogens (tertiary/aromatic N) is 2. The molecule has 0 heterocycles. The zero-order chi connectivity index (χ0) is 14.4. The molecule has 0 bridgehead atoms. The third kappa shape index (κ3) is 4.81. The van der Waals surface area contributed by atoms with E-state index < -0.39 is 11.0 Å². The number of likely N-dealkylation sites (N-methyl/N-ethyl adjacent to an activating group) is 1. The third-order valence-electron chi connectivity index (χ3n) is 2.84. The van der Waals surface area contributed by atoms with E-state index in [1.807, 2.05) is 18.7 Å². The molecule has 0 aliphatic rings. The predicted octanol–water partition coefficient (Wildman–Crippen LogP) is 2.53. The van der Waals surface area contributed by atoms with Gasteiger partial charge in [0.15, 0.2) is 0 Å². The van der Waals surface area contributed by atoms with Crippen molar-refractivity contribution in [1.29, 1.82) is 0 Å². The summed E-state index contributed by atoms with van der Waals surface area (Å²) in [5.41, 5.74) is 1.59. The van der Waals surface area contributed by atoms with Gasteiger partial charge in [-0.1, -0.05) is 31.2 Å². The van der Waals surface area contributed by atoms with Gasteiger partial charge in [-0.3, -0.25) is 15.0 Å². The van der Waals surface area contributed by atoms with Crippen molar-refractivity contribution in [3.05, 3.63) is 52.1 Å². The fourth-order valence-electron chi connectivity index (χ4n) is 1.88. The molecule has 1 rings (SSSR count). The van der Waals surface area contributed by atoms with Crippen molar-refractivity contribution >= 4 is 5.69 Å². The van der Waals surface area contributed by atoms with Gasteiger partial charge in [0.2, 0.25) is 0 Å². The molecule has 5 nitrogen and oxygen atoms in total. The first kappa shape index (κ1) is 15.3. The summed E-state index contributed by atoms with van der Waals surface area (Å²) in [5.74, 6) is 0. The number of benzene rings is 1. The summed E-state index contributed by atoms with van der Waals surface area (Å²) in [6, 6.07) is 6.12. The molecule has 0 aromatic heterocycles. The maximum absolute atomic E-state index is 10.7. The highest BCUT2D eigenvalue weighted by Crippen LogP contribution is 2.20. The molecule has 0 radical (unpaired) electrons. The van der Waals surface area contributed by atoms with Gasteiger partial charge in [-0.25, -0.2) is 0 Å². The van der Waals surface area contributed by atoms with Gasteiger partial charge < -0.3 is 5.11 Å². The van der Waals surface area contributed by atoms with Crippen molar-refractivity contribution in [1.82, 2.24) is 4.90 Å². The number of non-ortho nitro benzene ring substituents is 1. The summed E-state index contributed by atoms with van der Waals surface area (Å²) in [4.78, 5) is 12.3. The smallest absolute Gasteiger partial charge is 0.269 e. The van der Waals surface area contributed by atoms with Crippen LogP contribution in [0.5, 0.6) is 0 Å². The second-order valence-corrected chi connectivity index (χ2v) is 4.65. The van der Waals surface area contributed by atoms with Gasteiger partial charge in [-0.2, -0.15) is 0 Å². The van der Waals surface area contributed by atoms with Crippen LogP contribution < -0.4 is 0 Å². The minimum absolute atomic E-state index is 0.000463. The van der Waals surface area contributed by atoms with Gasteiger partial charge in [0.05, 0.1) is 11.0 Å². The summed E-state index contributed by atoms with van der Waals surface area (Å²) in [5, 5.41) is 20.8. The Kier molecular flexibility index (Phi) is 5.66. The predicted molar refractivity (Wildman–Crippen MR) is 75.0 cm³/mol. The Morgan fingerprint density at radius 2 is 2.26 bits per heavy atom. The molecule has 1 N–H and O–H groups in total. The maximum atomic E-state index is 10.7. The van der Waals surface area contributed by atoms with E-state index in [0.717, 1.165) is 12.1 Å². The normalized spacial score (nSPS) is 12.4. The molecular weight excluding hydrogens is 244 g/mol. The Bertz CT molecular complexity index is 460. The van der Waals surface area contributed by atoms with Crippen molar-refractivity contribution in [3.63, 3.8) is 0 Å². The van der Waals surface area contributed by atoms with Crippen molar-refractivity contribution in [2.24, 2.45) is 0 Å². The van der Waals surface area contributed by atoms with Gasteiger partial charge in [-0.05, 0) is 19.0 Å². The first-order valence-corrected chi connectivity index (χ1v) is 6.23. The molecule has 0 saturated carbocycles. The Labute approximate surface area is 113 Å².